The zero-order valence-electron chi connectivity index (χ0n) is 8.06. The zero-order chi connectivity index (χ0) is 10.1. The van der Waals surface area contributed by atoms with Crippen molar-refractivity contribution in [2.45, 2.75) is 6.42 Å². The molecule has 0 aliphatic heterocycles. The molecule has 0 saturated carbocycles. The molecule has 3 heteroatoms. The van der Waals surface area contributed by atoms with Gasteiger partial charge in [0.25, 0.3) is 0 Å². The molecule has 0 fully saturated rings. The summed E-state index contributed by atoms with van der Waals surface area (Å²) in [7, 11) is 0. The van der Waals surface area contributed by atoms with Crippen molar-refractivity contribution in [2.75, 3.05) is 6.54 Å². The molecule has 0 bridgehead atoms. The Morgan fingerprint density at radius 1 is 1.21 bits per heavy atom. The van der Waals surface area contributed by atoms with Crippen LogP contribution in [0.2, 0.25) is 0 Å². The molecule has 0 atom stereocenters. The molecule has 74 valence electrons. The van der Waals surface area contributed by atoms with Gasteiger partial charge in [-0.05, 0) is 18.5 Å². The van der Waals surface area contributed by atoms with E-state index in [0.29, 0.717) is 0 Å². The van der Waals surface area contributed by atoms with E-state index in [2.05, 4.69) is 22.1 Å². The Morgan fingerprint density at radius 2 is 2.00 bits per heavy atom. The summed E-state index contributed by atoms with van der Waals surface area (Å²) in [6.45, 7) is 0.740. The van der Waals surface area contributed by atoms with Crippen LogP contribution in [-0.4, -0.2) is 16.5 Å². The second-order valence-corrected chi connectivity index (χ2v) is 2.78. The van der Waals surface area contributed by atoms with Crippen LogP contribution >= 0.6 is 0 Å². The fourth-order valence-corrected chi connectivity index (χ4v) is 1.03. The van der Waals surface area contributed by atoms with Crippen LogP contribution in [0.1, 0.15) is 5.56 Å². The van der Waals surface area contributed by atoms with E-state index >= 15 is 0 Å². The van der Waals surface area contributed by atoms with Gasteiger partial charge in [0.2, 0.25) is 0 Å². The summed E-state index contributed by atoms with van der Waals surface area (Å²) in [5.41, 5.74) is 6.68. The van der Waals surface area contributed by atoms with Crippen LogP contribution in [0.15, 0.2) is 49.1 Å². The second kappa shape index (κ2) is 6.86. The Balaban J connectivity index is 0.000000165. The number of benzene rings is 1. The molecule has 3 N–H and O–H groups in total. The molecule has 2 rings (SSSR count). The van der Waals surface area contributed by atoms with Crippen molar-refractivity contribution in [3.8, 4) is 0 Å². The largest absolute Gasteiger partial charge is 0.351 e. The molecule has 14 heavy (non-hydrogen) atoms. The minimum atomic E-state index is 0.740. The molecule has 0 spiro atoms. The van der Waals surface area contributed by atoms with Crippen LogP contribution in [0.3, 0.4) is 0 Å². The number of aromatic amines is 1. The Hall–Kier alpha value is -1.61. The van der Waals surface area contributed by atoms with Crippen molar-refractivity contribution in [1.82, 2.24) is 9.97 Å². The standard InChI is InChI=1S/C8H11N.C3H4N2/c9-7-6-8-4-2-1-3-5-8;1-2-5-3-4-1/h1-5H,6-7,9H2;1-3H,(H,4,5). The number of nitrogens with zero attached hydrogens (tertiary/aromatic N) is 1. The van der Waals surface area contributed by atoms with Gasteiger partial charge in [-0.1, -0.05) is 30.3 Å². The predicted molar refractivity (Wildman–Crippen MR) is 57.8 cm³/mol. The van der Waals surface area contributed by atoms with E-state index in [1.165, 1.54) is 5.56 Å². The normalized spacial score (nSPS) is 8.93. The topological polar surface area (TPSA) is 54.7 Å². The quantitative estimate of drug-likeness (QED) is 0.754. The van der Waals surface area contributed by atoms with Crippen LogP contribution < -0.4 is 5.73 Å². The SMILES string of the molecule is NCCc1ccccc1.c1c[nH]cn1. The van der Waals surface area contributed by atoms with Gasteiger partial charge in [-0.3, -0.25) is 0 Å². The van der Waals surface area contributed by atoms with Gasteiger partial charge in [-0.15, -0.1) is 0 Å². The van der Waals surface area contributed by atoms with E-state index in [-0.39, 0.29) is 0 Å². The van der Waals surface area contributed by atoms with E-state index in [4.69, 9.17) is 5.73 Å². The highest BCUT2D eigenvalue weighted by atomic mass is 14.8. The average molecular weight is 189 g/mol. The Labute approximate surface area is 84.0 Å². The minimum absolute atomic E-state index is 0.740. The van der Waals surface area contributed by atoms with Gasteiger partial charge in [0.15, 0.2) is 0 Å². The summed E-state index contributed by atoms with van der Waals surface area (Å²) >= 11 is 0. The summed E-state index contributed by atoms with van der Waals surface area (Å²) in [6.07, 6.45) is 6.07. The lowest BCUT2D eigenvalue weighted by atomic mass is 10.2. The summed E-state index contributed by atoms with van der Waals surface area (Å²) in [5.74, 6) is 0. The van der Waals surface area contributed by atoms with Crippen molar-refractivity contribution in [3.63, 3.8) is 0 Å². The number of nitrogens with two attached hydrogens (primary N) is 1. The molecule has 1 aromatic heterocycles. The first-order valence-corrected chi connectivity index (χ1v) is 4.60. The molecular weight excluding hydrogens is 174 g/mol. The molecule has 3 nitrogen and oxygen atoms in total. The lowest BCUT2D eigenvalue weighted by Gasteiger charge is -1.93. The molecule has 0 unspecified atom stereocenters. The lowest BCUT2D eigenvalue weighted by molar-refractivity contribution is 0.969. The smallest absolute Gasteiger partial charge is 0.0919 e. The van der Waals surface area contributed by atoms with Crippen molar-refractivity contribution in [1.29, 1.82) is 0 Å². The predicted octanol–water partition coefficient (Wildman–Crippen LogP) is 1.60. The summed E-state index contributed by atoms with van der Waals surface area (Å²) in [4.78, 5) is 6.42. The average Bonchev–Trinajstić information content (AvgIpc) is 2.78. The third-order valence-corrected chi connectivity index (χ3v) is 1.68. The van der Waals surface area contributed by atoms with E-state index in [1.54, 1.807) is 18.7 Å². The van der Waals surface area contributed by atoms with Gasteiger partial charge >= 0.3 is 0 Å². The molecule has 0 aliphatic carbocycles. The summed E-state index contributed by atoms with van der Waals surface area (Å²) in [5, 5.41) is 0. The maximum absolute atomic E-state index is 5.36. The van der Waals surface area contributed by atoms with Crippen LogP contribution in [0.25, 0.3) is 0 Å². The first-order chi connectivity index (χ1) is 6.93. The zero-order valence-corrected chi connectivity index (χ0v) is 8.06. The minimum Gasteiger partial charge on any atom is -0.351 e. The fourth-order valence-electron chi connectivity index (χ4n) is 1.03. The molecular formula is C11H15N3. The van der Waals surface area contributed by atoms with E-state index in [9.17, 15) is 0 Å². The van der Waals surface area contributed by atoms with Crippen LogP contribution in [-0.2, 0) is 6.42 Å². The number of hydrogen-bond acceptors (Lipinski definition) is 2. The number of H-pyrrole nitrogens is 1. The number of aromatic nitrogens is 2. The molecule has 0 saturated heterocycles. The van der Waals surface area contributed by atoms with Crippen LogP contribution in [0.5, 0.6) is 0 Å². The van der Waals surface area contributed by atoms with Gasteiger partial charge in [-0.25, -0.2) is 4.98 Å². The van der Waals surface area contributed by atoms with Gasteiger partial charge < -0.3 is 10.7 Å². The van der Waals surface area contributed by atoms with Gasteiger partial charge in [-0.2, -0.15) is 0 Å². The van der Waals surface area contributed by atoms with E-state index < -0.39 is 0 Å². The maximum Gasteiger partial charge on any atom is 0.0919 e. The first-order valence-electron chi connectivity index (χ1n) is 4.60. The Bertz CT molecular complexity index is 285. The van der Waals surface area contributed by atoms with E-state index in [0.717, 1.165) is 13.0 Å². The van der Waals surface area contributed by atoms with Gasteiger partial charge in [0, 0.05) is 12.4 Å². The molecule has 1 heterocycles. The molecule has 0 aliphatic rings. The number of imidazole rings is 1. The first kappa shape index (κ1) is 10.5. The summed E-state index contributed by atoms with van der Waals surface area (Å²) < 4.78 is 0. The Kier molecular flexibility index (Phi) is 5.13. The highest BCUT2D eigenvalue weighted by Gasteiger charge is 1.84. The van der Waals surface area contributed by atoms with Crippen LogP contribution in [0.4, 0.5) is 0 Å². The van der Waals surface area contributed by atoms with Crippen molar-refractivity contribution in [2.24, 2.45) is 5.73 Å². The molecule has 0 radical (unpaired) electrons. The van der Waals surface area contributed by atoms with Crippen molar-refractivity contribution >= 4 is 0 Å². The van der Waals surface area contributed by atoms with Gasteiger partial charge in [0.05, 0.1) is 6.33 Å². The Morgan fingerprint density at radius 3 is 2.43 bits per heavy atom. The molecule has 0 amide bonds. The third-order valence-electron chi connectivity index (χ3n) is 1.68. The van der Waals surface area contributed by atoms with Gasteiger partial charge in [0.1, 0.15) is 0 Å². The summed E-state index contributed by atoms with van der Waals surface area (Å²) in [6, 6.07) is 10.3. The molecule has 1 aromatic carbocycles. The van der Waals surface area contributed by atoms with Crippen molar-refractivity contribution in [3.05, 3.63) is 54.6 Å². The van der Waals surface area contributed by atoms with Crippen LogP contribution in [0, 0.1) is 0 Å². The second-order valence-electron chi connectivity index (χ2n) is 2.78. The highest BCUT2D eigenvalue weighted by Crippen LogP contribution is 1.96. The highest BCUT2D eigenvalue weighted by molar-refractivity contribution is 5.14. The monoisotopic (exact) mass is 189 g/mol. The van der Waals surface area contributed by atoms with E-state index in [1.807, 2.05) is 18.2 Å². The fraction of sp³-hybridized carbons (Fsp3) is 0.182. The number of nitrogens with one attached hydrogen (secondary N) is 1. The van der Waals surface area contributed by atoms with Crippen molar-refractivity contribution < 1.29 is 0 Å². The molecule has 2 aromatic rings. The third kappa shape index (κ3) is 4.42. The number of rotatable bonds is 2. The lowest BCUT2D eigenvalue weighted by Crippen LogP contribution is -2.01. The maximum atomic E-state index is 5.36. The number of hydrogen-bond donors (Lipinski definition) is 2.